The van der Waals surface area contributed by atoms with Crippen LogP contribution in [0.2, 0.25) is 0 Å². The van der Waals surface area contributed by atoms with E-state index < -0.39 is 35.9 Å². The van der Waals surface area contributed by atoms with Crippen molar-refractivity contribution in [3.8, 4) is 0 Å². The molecule has 0 saturated carbocycles. The molecule has 1 aliphatic carbocycles. The molecule has 1 saturated heterocycles. The highest BCUT2D eigenvalue weighted by atomic mass is 19.4. The van der Waals surface area contributed by atoms with Gasteiger partial charge in [0.25, 0.3) is 0 Å². The molecule has 0 unspecified atom stereocenters. The molecule has 0 amide bonds. The summed E-state index contributed by atoms with van der Waals surface area (Å²) >= 11 is 0. The lowest BCUT2D eigenvalue weighted by atomic mass is 9.84. The van der Waals surface area contributed by atoms with Crippen LogP contribution in [0.15, 0.2) is 60.7 Å². The Morgan fingerprint density at radius 3 is 2.32 bits per heavy atom. The lowest BCUT2D eigenvalue weighted by Crippen LogP contribution is -2.60. The maximum absolute atomic E-state index is 15.2. The number of rotatable bonds is 8. The van der Waals surface area contributed by atoms with Crippen LogP contribution in [0.5, 0.6) is 0 Å². The molecule has 0 radical (unpaired) electrons. The number of carboxylic acids is 1. The molecule has 1 heterocycles. The Bertz CT molecular complexity index is 1470. The second-order valence-electron chi connectivity index (χ2n) is 10.8. The van der Waals surface area contributed by atoms with E-state index in [-0.39, 0.29) is 37.1 Å². The van der Waals surface area contributed by atoms with Crippen LogP contribution in [0.1, 0.15) is 63.0 Å². The van der Waals surface area contributed by atoms with Gasteiger partial charge >= 0.3 is 12.1 Å². The first kappa shape index (κ1) is 28.9. The second-order valence-corrected chi connectivity index (χ2v) is 10.8. The molecule has 9 heteroatoms. The Hall–Kier alpha value is -3.59. The number of nitrogens with zero attached hydrogens (tertiary/aromatic N) is 1. The summed E-state index contributed by atoms with van der Waals surface area (Å²) < 4.78 is 83.9. The third-order valence-electron chi connectivity index (χ3n) is 7.79. The Morgan fingerprint density at radius 2 is 1.66 bits per heavy atom. The number of aryl methyl sites for hydroxylation is 1. The molecule has 0 spiro atoms. The summed E-state index contributed by atoms with van der Waals surface area (Å²) in [5, 5.41) is 9.51. The lowest BCUT2D eigenvalue weighted by Gasteiger charge is -2.44. The molecular weight excluding hydrogens is 544 g/mol. The molecular formula is C32H29F6NO2. The molecule has 41 heavy (non-hydrogen) atoms. The van der Waals surface area contributed by atoms with Crippen LogP contribution in [0.4, 0.5) is 26.3 Å². The molecule has 0 bridgehead atoms. The molecule has 1 N–H and O–H groups in total. The Labute approximate surface area is 234 Å². The van der Waals surface area contributed by atoms with Gasteiger partial charge in [-0.1, -0.05) is 36.4 Å². The van der Waals surface area contributed by atoms with Crippen molar-refractivity contribution < 1.29 is 36.2 Å². The van der Waals surface area contributed by atoms with Crippen molar-refractivity contribution in [2.24, 2.45) is 0 Å². The number of benzene rings is 3. The molecule has 1 aliphatic heterocycles. The molecule has 2 aliphatic rings. The van der Waals surface area contributed by atoms with Gasteiger partial charge in [-0.2, -0.15) is 13.2 Å². The Balaban J connectivity index is 1.58. The maximum atomic E-state index is 15.2. The van der Waals surface area contributed by atoms with Gasteiger partial charge < -0.3 is 5.11 Å². The average Bonchev–Trinajstić information content (AvgIpc) is 3.10. The van der Waals surface area contributed by atoms with Gasteiger partial charge in [-0.3, -0.25) is 9.29 Å². The molecule has 3 aromatic carbocycles. The van der Waals surface area contributed by atoms with Gasteiger partial charge in [0.05, 0.1) is 17.8 Å². The van der Waals surface area contributed by atoms with Crippen LogP contribution in [0.3, 0.4) is 0 Å². The summed E-state index contributed by atoms with van der Waals surface area (Å²) in [5.74, 6) is -2.10. The van der Waals surface area contributed by atoms with Gasteiger partial charge in [0.1, 0.15) is 11.5 Å². The van der Waals surface area contributed by atoms with Crippen LogP contribution in [0.25, 0.3) is 11.1 Å². The minimum absolute atomic E-state index is 0.0777. The zero-order valence-corrected chi connectivity index (χ0v) is 22.2. The number of allylic oxidation sites excluding steroid dienone is 1. The van der Waals surface area contributed by atoms with Crippen LogP contribution in [0, 0.1) is 5.82 Å². The summed E-state index contributed by atoms with van der Waals surface area (Å²) in [6, 6.07) is 14.2. The van der Waals surface area contributed by atoms with E-state index in [1.165, 1.54) is 6.07 Å². The summed E-state index contributed by atoms with van der Waals surface area (Å²) in [4.78, 5) is 13.5. The van der Waals surface area contributed by atoms with Crippen molar-refractivity contribution in [3.05, 3.63) is 105 Å². The average molecular weight is 574 g/mol. The smallest absolute Gasteiger partial charge is 0.417 e. The number of alkyl halides is 5. The molecule has 5 rings (SSSR count). The van der Waals surface area contributed by atoms with E-state index in [1.54, 1.807) is 36.4 Å². The third-order valence-corrected chi connectivity index (χ3v) is 7.79. The van der Waals surface area contributed by atoms with Gasteiger partial charge in [-0.05, 0) is 88.9 Å². The monoisotopic (exact) mass is 573 g/mol. The van der Waals surface area contributed by atoms with Crippen molar-refractivity contribution >= 4 is 17.1 Å². The van der Waals surface area contributed by atoms with E-state index in [4.69, 9.17) is 0 Å². The maximum Gasteiger partial charge on any atom is 0.417 e. The number of carbonyl (C=O) groups is 1. The van der Waals surface area contributed by atoms with E-state index in [9.17, 15) is 31.9 Å². The van der Waals surface area contributed by atoms with E-state index in [1.807, 2.05) is 4.90 Å². The third kappa shape index (κ3) is 6.20. The molecule has 1 fully saturated rings. The minimum atomic E-state index is -4.79. The molecule has 3 aromatic rings. The number of hydrogen-bond acceptors (Lipinski definition) is 2. The fraction of sp³-hybridized carbons (Fsp3) is 0.344. The SMILES string of the molecule is O=C(O)c1ccc2c(c1)CCCC(c1ccc(F)cc1C(F)(F)F)=C2c1ccc(CC2(F)CN(CCCF)C2)cc1. The summed E-state index contributed by atoms with van der Waals surface area (Å²) in [5.41, 5.74) is 0.958. The number of likely N-dealkylation sites (tertiary alicyclic amines) is 1. The van der Waals surface area contributed by atoms with Crippen LogP contribution in [-0.4, -0.2) is 48.0 Å². The van der Waals surface area contributed by atoms with Crippen molar-refractivity contribution in [1.29, 1.82) is 0 Å². The zero-order valence-electron chi connectivity index (χ0n) is 22.2. The van der Waals surface area contributed by atoms with Crippen molar-refractivity contribution in [1.82, 2.24) is 4.90 Å². The van der Waals surface area contributed by atoms with Crippen molar-refractivity contribution in [2.75, 3.05) is 26.3 Å². The predicted molar refractivity (Wildman–Crippen MR) is 145 cm³/mol. The van der Waals surface area contributed by atoms with Crippen LogP contribution in [-0.2, 0) is 19.0 Å². The molecule has 216 valence electrons. The quantitative estimate of drug-likeness (QED) is 0.280. The Kier molecular flexibility index (Phi) is 8.01. The standard InChI is InChI=1S/C32H29F6NO2/c33-13-2-14-39-18-31(35,19-39)17-20-5-7-21(8-6-20)29-25-11-9-23(30(40)41)15-22(25)3-1-4-27(29)26-12-10-24(34)16-28(26)32(36,37)38/h5-12,15-16H,1-4,13-14,17-19H2,(H,40,41). The molecule has 3 nitrogen and oxygen atoms in total. The minimum Gasteiger partial charge on any atom is -0.478 e. The highest BCUT2D eigenvalue weighted by molar-refractivity contribution is 6.01. The largest absolute Gasteiger partial charge is 0.478 e. The van der Waals surface area contributed by atoms with Gasteiger partial charge in [0.15, 0.2) is 0 Å². The molecule has 0 atom stereocenters. The second kappa shape index (κ2) is 11.4. The van der Waals surface area contributed by atoms with Crippen LogP contribution >= 0.6 is 0 Å². The van der Waals surface area contributed by atoms with Crippen LogP contribution < -0.4 is 0 Å². The highest BCUT2D eigenvalue weighted by Crippen LogP contribution is 2.44. The number of halogens is 6. The van der Waals surface area contributed by atoms with E-state index in [0.29, 0.717) is 59.7 Å². The fourth-order valence-corrected chi connectivity index (χ4v) is 6.00. The first-order valence-electron chi connectivity index (χ1n) is 13.5. The van der Waals surface area contributed by atoms with Gasteiger partial charge in [-0.25, -0.2) is 13.6 Å². The fourth-order valence-electron chi connectivity index (χ4n) is 6.00. The highest BCUT2D eigenvalue weighted by Gasteiger charge is 2.43. The number of carboxylic acid groups (broad SMARTS) is 1. The zero-order chi connectivity index (χ0) is 29.4. The first-order valence-corrected chi connectivity index (χ1v) is 13.5. The summed E-state index contributed by atoms with van der Waals surface area (Å²) in [6.07, 6.45) is -3.11. The number of hydrogen-bond donors (Lipinski definition) is 1. The normalized spacial score (nSPS) is 17.1. The van der Waals surface area contributed by atoms with Gasteiger partial charge in [0.2, 0.25) is 0 Å². The lowest BCUT2D eigenvalue weighted by molar-refractivity contribution is -0.138. The summed E-state index contributed by atoms with van der Waals surface area (Å²) in [6.45, 7) is 0.491. The summed E-state index contributed by atoms with van der Waals surface area (Å²) in [7, 11) is 0. The first-order chi connectivity index (χ1) is 19.5. The predicted octanol–water partition coefficient (Wildman–Crippen LogP) is 7.76. The van der Waals surface area contributed by atoms with Gasteiger partial charge in [-0.15, -0.1) is 0 Å². The van der Waals surface area contributed by atoms with E-state index >= 15 is 4.39 Å². The van der Waals surface area contributed by atoms with Gasteiger partial charge in [0, 0.05) is 26.1 Å². The van der Waals surface area contributed by atoms with E-state index in [2.05, 4.69) is 0 Å². The molecule has 0 aromatic heterocycles. The van der Waals surface area contributed by atoms with Crippen molar-refractivity contribution in [2.45, 2.75) is 43.9 Å². The van der Waals surface area contributed by atoms with E-state index in [0.717, 1.165) is 17.7 Å². The topological polar surface area (TPSA) is 40.5 Å². The number of fused-ring (bicyclic) bond motifs is 1. The number of aromatic carboxylic acids is 1. The Morgan fingerprint density at radius 1 is 0.951 bits per heavy atom. The van der Waals surface area contributed by atoms with Crippen molar-refractivity contribution in [3.63, 3.8) is 0 Å².